The Morgan fingerprint density at radius 1 is 1.29 bits per heavy atom. The average molecular weight is 366 g/mol. The SMILES string of the molecule is CN(C)c1nccc(NC2CCN(Cc3ccc(Cl)cc3Cl)C2)n1. The molecule has 1 unspecified atom stereocenters. The number of nitrogens with one attached hydrogen (secondary N) is 1. The first-order valence-corrected chi connectivity index (χ1v) is 8.70. The molecule has 1 aliphatic heterocycles. The largest absolute Gasteiger partial charge is 0.366 e. The zero-order chi connectivity index (χ0) is 17.1. The highest BCUT2D eigenvalue weighted by Crippen LogP contribution is 2.24. The maximum absolute atomic E-state index is 6.27. The van der Waals surface area contributed by atoms with Gasteiger partial charge in [-0.25, -0.2) is 4.98 Å². The number of anilines is 2. The van der Waals surface area contributed by atoms with Crippen LogP contribution in [-0.4, -0.2) is 48.1 Å². The Balaban J connectivity index is 1.58. The van der Waals surface area contributed by atoms with Gasteiger partial charge in [0, 0.05) is 56.0 Å². The fourth-order valence-corrected chi connectivity index (χ4v) is 3.31. The standard InChI is InChI=1S/C17H21Cl2N5/c1-23(2)17-20-7-5-16(22-17)21-14-6-8-24(11-14)10-12-3-4-13(18)9-15(12)19/h3-5,7,9,14H,6,8,10-11H2,1-2H3,(H,20,21,22). The Kier molecular flexibility index (Phi) is 5.43. The molecule has 0 amide bonds. The fraction of sp³-hybridized carbons (Fsp3) is 0.412. The quantitative estimate of drug-likeness (QED) is 0.877. The highest BCUT2D eigenvalue weighted by atomic mass is 35.5. The minimum Gasteiger partial charge on any atom is -0.366 e. The van der Waals surface area contributed by atoms with Gasteiger partial charge in [-0.15, -0.1) is 0 Å². The lowest BCUT2D eigenvalue weighted by Crippen LogP contribution is -2.26. The molecule has 1 N–H and O–H groups in total. The summed E-state index contributed by atoms with van der Waals surface area (Å²) >= 11 is 12.2. The predicted octanol–water partition coefficient (Wildman–Crippen LogP) is 3.54. The van der Waals surface area contributed by atoms with Crippen LogP contribution in [0.5, 0.6) is 0 Å². The Labute approximate surface area is 152 Å². The highest BCUT2D eigenvalue weighted by Gasteiger charge is 2.23. The Hall–Kier alpha value is -1.56. The molecule has 24 heavy (non-hydrogen) atoms. The van der Waals surface area contributed by atoms with Crippen LogP contribution >= 0.6 is 23.2 Å². The topological polar surface area (TPSA) is 44.3 Å². The van der Waals surface area contributed by atoms with Crippen molar-refractivity contribution < 1.29 is 0 Å². The first-order valence-electron chi connectivity index (χ1n) is 7.94. The van der Waals surface area contributed by atoms with Crippen LogP contribution in [0.2, 0.25) is 10.0 Å². The van der Waals surface area contributed by atoms with Crippen LogP contribution in [0.15, 0.2) is 30.5 Å². The van der Waals surface area contributed by atoms with Crippen molar-refractivity contribution in [2.45, 2.75) is 19.0 Å². The van der Waals surface area contributed by atoms with E-state index in [-0.39, 0.29) is 0 Å². The molecule has 0 aliphatic carbocycles. The third-order valence-corrected chi connectivity index (χ3v) is 4.66. The number of aromatic nitrogens is 2. The van der Waals surface area contributed by atoms with E-state index in [1.807, 2.05) is 37.2 Å². The van der Waals surface area contributed by atoms with Crippen molar-refractivity contribution in [3.8, 4) is 0 Å². The van der Waals surface area contributed by atoms with Crippen molar-refractivity contribution in [3.63, 3.8) is 0 Å². The summed E-state index contributed by atoms with van der Waals surface area (Å²) in [6, 6.07) is 7.97. The van der Waals surface area contributed by atoms with Crippen molar-refractivity contribution in [2.24, 2.45) is 0 Å². The van der Waals surface area contributed by atoms with Crippen molar-refractivity contribution >= 4 is 35.0 Å². The van der Waals surface area contributed by atoms with Crippen LogP contribution in [-0.2, 0) is 6.54 Å². The molecule has 3 rings (SSSR count). The number of hydrogen-bond acceptors (Lipinski definition) is 5. The minimum absolute atomic E-state index is 0.376. The molecule has 1 aliphatic rings. The van der Waals surface area contributed by atoms with Crippen LogP contribution in [0.1, 0.15) is 12.0 Å². The number of rotatable bonds is 5. The third-order valence-electron chi connectivity index (χ3n) is 4.08. The first kappa shape index (κ1) is 17.3. The summed E-state index contributed by atoms with van der Waals surface area (Å²) in [5, 5.41) is 4.90. The molecule has 2 heterocycles. The lowest BCUT2D eigenvalue weighted by atomic mass is 10.2. The second-order valence-electron chi connectivity index (χ2n) is 6.24. The molecule has 1 aromatic carbocycles. The van der Waals surface area contributed by atoms with Crippen molar-refractivity contribution in [3.05, 3.63) is 46.1 Å². The van der Waals surface area contributed by atoms with Gasteiger partial charge in [-0.3, -0.25) is 4.90 Å². The van der Waals surface area contributed by atoms with Crippen LogP contribution in [0, 0.1) is 0 Å². The van der Waals surface area contributed by atoms with Crippen LogP contribution in [0.4, 0.5) is 11.8 Å². The summed E-state index contributed by atoms with van der Waals surface area (Å²) in [6.45, 7) is 2.82. The molecule has 128 valence electrons. The van der Waals surface area contributed by atoms with Gasteiger partial charge in [-0.2, -0.15) is 4.98 Å². The van der Waals surface area contributed by atoms with Crippen molar-refractivity contribution in [1.29, 1.82) is 0 Å². The number of likely N-dealkylation sites (tertiary alicyclic amines) is 1. The summed E-state index contributed by atoms with van der Waals surface area (Å²) in [5.41, 5.74) is 1.11. The summed E-state index contributed by atoms with van der Waals surface area (Å²) in [5.74, 6) is 1.58. The van der Waals surface area contributed by atoms with Crippen molar-refractivity contribution in [1.82, 2.24) is 14.9 Å². The van der Waals surface area contributed by atoms with E-state index in [2.05, 4.69) is 20.2 Å². The summed E-state index contributed by atoms with van der Waals surface area (Å²) < 4.78 is 0. The predicted molar refractivity (Wildman–Crippen MR) is 100 cm³/mol. The third kappa shape index (κ3) is 4.29. The van der Waals surface area contributed by atoms with Gasteiger partial charge >= 0.3 is 0 Å². The van der Waals surface area contributed by atoms with Gasteiger partial charge in [0.05, 0.1) is 0 Å². The minimum atomic E-state index is 0.376. The number of benzene rings is 1. The Bertz CT molecular complexity index is 707. The number of nitrogens with zero attached hydrogens (tertiary/aromatic N) is 4. The van der Waals surface area contributed by atoms with Crippen LogP contribution < -0.4 is 10.2 Å². The molecule has 0 spiro atoms. The second kappa shape index (κ2) is 7.55. The molecule has 1 fully saturated rings. The van der Waals surface area contributed by atoms with Gasteiger partial charge < -0.3 is 10.2 Å². The fourth-order valence-electron chi connectivity index (χ4n) is 2.84. The Morgan fingerprint density at radius 2 is 2.12 bits per heavy atom. The van der Waals surface area contributed by atoms with E-state index >= 15 is 0 Å². The molecule has 0 radical (unpaired) electrons. The lowest BCUT2D eigenvalue weighted by Gasteiger charge is -2.18. The smallest absolute Gasteiger partial charge is 0.226 e. The summed E-state index contributed by atoms with van der Waals surface area (Å²) in [4.78, 5) is 13.0. The van der Waals surface area contributed by atoms with Crippen LogP contribution in [0.3, 0.4) is 0 Å². The molecular weight excluding hydrogens is 345 g/mol. The molecule has 7 heteroatoms. The highest BCUT2D eigenvalue weighted by molar-refractivity contribution is 6.35. The van der Waals surface area contributed by atoms with E-state index in [4.69, 9.17) is 23.2 Å². The normalized spacial score (nSPS) is 17.9. The molecular formula is C17H21Cl2N5. The molecule has 1 saturated heterocycles. The van der Waals surface area contributed by atoms with Gasteiger partial charge in [-0.05, 0) is 30.2 Å². The second-order valence-corrected chi connectivity index (χ2v) is 7.08. The Morgan fingerprint density at radius 3 is 2.88 bits per heavy atom. The molecule has 5 nitrogen and oxygen atoms in total. The first-order chi connectivity index (χ1) is 11.5. The zero-order valence-corrected chi connectivity index (χ0v) is 15.3. The van der Waals surface area contributed by atoms with Gasteiger partial charge in [-0.1, -0.05) is 29.3 Å². The van der Waals surface area contributed by atoms with Gasteiger partial charge in [0.2, 0.25) is 5.95 Å². The number of halogens is 2. The van der Waals surface area contributed by atoms with Gasteiger partial charge in [0.15, 0.2) is 0 Å². The lowest BCUT2D eigenvalue weighted by molar-refractivity contribution is 0.328. The number of hydrogen-bond donors (Lipinski definition) is 1. The molecule has 1 aromatic heterocycles. The van der Waals surface area contributed by atoms with Crippen molar-refractivity contribution in [2.75, 3.05) is 37.4 Å². The summed E-state index contributed by atoms with van der Waals surface area (Å²) in [6.07, 6.45) is 2.86. The van der Waals surface area contributed by atoms with E-state index in [0.717, 1.165) is 42.5 Å². The van der Waals surface area contributed by atoms with Gasteiger partial charge in [0.1, 0.15) is 5.82 Å². The van der Waals surface area contributed by atoms with E-state index in [1.165, 1.54) is 0 Å². The zero-order valence-electron chi connectivity index (χ0n) is 13.8. The maximum Gasteiger partial charge on any atom is 0.226 e. The summed E-state index contributed by atoms with van der Waals surface area (Å²) in [7, 11) is 3.87. The average Bonchev–Trinajstić information content (AvgIpc) is 2.97. The van der Waals surface area contributed by atoms with Gasteiger partial charge in [0.25, 0.3) is 0 Å². The molecule has 2 aromatic rings. The molecule has 0 saturated carbocycles. The van der Waals surface area contributed by atoms with E-state index in [9.17, 15) is 0 Å². The monoisotopic (exact) mass is 365 g/mol. The maximum atomic E-state index is 6.27. The molecule has 1 atom stereocenters. The van der Waals surface area contributed by atoms with Crippen LogP contribution in [0.25, 0.3) is 0 Å². The van der Waals surface area contributed by atoms with E-state index in [1.54, 1.807) is 12.3 Å². The van der Waals surface area contributed by atoms with E-state index in [0.29, 0.717) is 17.0 Å². The van der Waals surface area contributed by atoms with E-state index < -0.39 is 0 Å². The molecule has 0 bridgehead atoms.